The van der Waals surface area contributed by atoms with Crippen LogP contribution >= 0.6 is 15.9 Å². The molecule has 2 aromatic rings. The molecule has 0 aromatic heterocycles. The summed E-state index contributed by atoms with van der Waals surface area (Å²) in [6, 6.07) is 13.5. The first-order chi connectivity index (χ1) is 13.3. The summed E-state index contributed by atoms with van der Waals surface area (Å²) < 4.78 is 0.922. The molecule has 0 aliphatic heterocycles. The van der Waals surface area contributed by atoms with Crippen LogP contribution in [0.4, 0.5) is 5.69 Å². The second kappa shape index (κ2) is 10.0. The number of hydrogen-bond donors (Lipinski definition) is 3. The summed E-state index contributed by atoms with van der Waals surface area (Å²) in [5.74, 6) is -1.20. The highest BCUT2D eigenvalue weighted by Gasteiger charge is 2.25. The molecule has 7 heteroatoms. The molecule has 0 bridgehead atoms. The van der Waals surface area contributed by atoms with Crippen molar-refractivity contribution in [2.45, 2.75) is 26.8 Å². The molecule has 1 atom stereocenters. The quantitative estimate of drug-likeness (QED) is 0.610. The van der Waals surface area contributed by atoms with Crippen molar-refractivity contribution in [3.8, 4) is 0 Å². The van der Waals surface area contributed by atoms with Crippen LogP contribution < -0.4 is 16.0 Å². The number of carbonyl (C=O) groups is 3. The number of benzene rings is 2. The zero-order valence-corrected chi connectivity index (χ0v) is 17.7. The van der Waals surface area contributed by atoms with E-state index in [0.717, 1.165) is 10.0 Å². The van der Waals surface area contributed by atoms with Crippen molar-refractivity contribution in [3.05, 3.63) is 64.1 Å². The normalized spacial score (nSPS) is 11.6. The van der Waals surface area contributed by atoms with Crippen molar-refractivity contribution in [3.63, 3.8) is 0 Å². The van der Waals surface area contributed by atoms with Crippen molar-refractivity contribution in [2.24, 2.45) is 5.92 Å². The molecular formula is C21H24BrN3O3. The number of anilines is 1. The summed E-state index contributed by atoms with van der Waals surface area (Å²) in [7, 11) is 0. The van der Waals surface area contributed by atoms with Crippen molar-refractivity contribution in [1.29, 1.82) is 0 Å². The summed E-state index contributed by atoms with van der Waals surface area (Å²) in [5, 5.41) is 8.10. The molecule has 3 N–H and O–H groups in total. The lowest BCUT2D eigenvalue weighted by molar-refractivity contribution is -0.126. The van der Waals surface area contributed by atoms with Crippen LogP contribution in [0.1, 0.15) is 29.8 Å². The molecule has 2 aromatic carbocycles. The predicted molar refractivity (Wildman–Crippen MR) is 113 cm³/mol. The van der Waals surface area contributed by atoms with Gasteiger partial charge < -0.3 is 16.0 Å². The van der Waals surface area contributed by atoms with Crippen molar-refractivity contribution >= 4 is 39.3 Å². The van der Waals surface area contributed by atoms with E-state index in [9.17, 15) is 14.4 Å². The fraction of sp³-hybridized carbons (Fsp3) is 0.286. The van der Waals surface area contributed by atoms with Crippen molar-refractivity contribution in [2.75, 3.05) is 11.9 Å². The standard InChI is InChI=1S/C21H24BrN3O3/c1-13(2)19(25-20(27)15-7-5-4-6-8-15)21(28)23-12-18(26)24-17-10-9-16(22)11-14(17)3/h4-11,13,19H,12H2,1-3H3,(H,23,28)(H,24,26)(H,25,27). The minimum Gasteiger partial charge on any atom is -0.345 e. The Balaban J connectivity index is 1.92. The summed E-state index contributed by atoms with van der Waals surface area (Å²) in [6.07, 6.45) is 0. The van der Waals surface area contributed by atoms with Crippen LogP contribution in [-0.4, -0.2) is 30.3 Å². The van der Waals surface area contributed by atoms with Gasteiger partial charge in [0.1, 0.15) is 6.04 Å². The van der Waals surface area contributed by atoms with Crippen LogP contribution in [0, 0.1) is 12.8 Å². The molecule has 0 aliphatic carbocycles. The molecule has 0 spiro atoms. The van der Waals surface area contributed by atoms with Crippen molar-refractivity contribution < 1.29 is 14.4 Å². The van der Waals surface area contributed by atoms with E-state index in [-0.39, 0.29) is 24.3 Å². The number of aryl methyl sites for hydroxylation is 1. The molecule has 1 unspecified atom stereocenters. The Morgan fingerprint density at radius 1 is 1.04 bits per heavy atom. The van der Waals surface area contributed by atoms with Crippen molar-refractivity contribution in [1.82, 2.24) is 10.6 Å². The lowest BCUT2D eigenvalue weighted by Crippen LogP contribution is -2.51. The maximum Gasteiger partial charge on any atom is 0.251 e. The fourth-order valence-electron chi connectivity index (χ4n) is 2.59. The summed E-state index contributed by atoms with van der Waals surface area (Å²) in [4.78, 5) is 37.0. The van der Waals surface area contributed by atoms with E-state index in [0.29, 0.717) is 11.3 Å². The van der Waals surface area contributed by atoms with Crippen LogP contribution in [0.25, 0.3) is 0 Å². The molecule has 0 radical (unpaired) electrons. The van der Waals surface area contributed by atoms with Gasteiger partial charge in [-0.05, 0) is 48.7 Å². The lowest BCUT2D eigenvalue weighted by atomic mass is 10.0. The van der Waals surface area contributed by atoms with E-state index in [2.05, 4.69) is 31.9 Å². The zero-order valence-electron chi connectivity index (χ0n) is 16.1. The first-order valence-corrected chi connectivity index (χ1v) is 9.77. The van der Waals surface area contributed by atoms with Crippen LogP contribution in [0.5, 0.6) is 0 Å². The van der Waals surface area contributed by atoms with Gasteiger partial charge in [-0.3, -0.25) is 14.4 Å². The third kappa shape index (κ3) is 6.20. The number of rotatable bonds is 7. The monoisotopic (exact) mass is 445 g/mol. The van der Waals surface area contributed by atoms with Gasteiger partial charge in [0.25, 0.3) is 5.91 Å². The van der Waals surface area contributed by atoms with Gasteiger partial charge >= 0.3 is 0 Å². The topological polar surface area (TPSA) is 87.3 Å². The number of nitrogens with one attached hydrogen (secondary N) is 3. The Labute approximate surface area is 173 Å². The molecule has 28 heavy (non-hydrogen) atoms. The van der Waals surface area contributed by atoms with Gasteiger partial charge in [-0.25, -0.2) is 0 Å². The highest BCUT2D eigenvalue weighted by atomic mass is 79.9. The third-order valence-corrected chi connectivity index (χ3v) is 4.65. The average Bonchev–Trinajstić information content (AvgIpc) is 2.66. The molecule has 148 valence electrons. The maximum atomic E-state index is 12.5. The van der Waals surface area contributed by atoms with E-state index in [1.165, 1.54) is 0 Å². The van der Waals surface area contributed by atoms with E-state index >= 15 is 0 Å². The molecule has 0 saturated heterocycles. The minimum absolute atomic E-state index is 0.135. The Bertz CT molecular complexity index is 853. The van der Waals surface area contributed by atoms with Crippen LogP contribution in [0.3, 0.4) is 0 Å². The van der Waals surface area contributed by atoms with Gasteiger partial charge in [0.15, 0.2) is 0 Å². The second-order valence-electron chi connectivity index (χ2n) is 6.79. The molecule has 2 rings (SSSR count). The van der Waals surface area contributed by atoms with E-state index in [1.807, 2.05) is 39.0 Å². The molecule has 0 heterocycles. The predicted octanol–water partition coefficient (Wildman–Crippen LogP) is 3.27. The smallest absolute Gasteiger partial charge is 0.251 e. The third-order valence-electron chi connectivity index (χ3n) is 4.16. The number of hydrogen-bond acceptors (Lipinski definition) is 3. The molecule has 6 nitrogen and oxygen atoms in total. The van der Waals surface area contributed by atoms with E-state index in [1.54, 1.807) is 30.3 Å². The number of amides is 3. The van der Waals surface area contributed by atoms with Crippen LogP contribution in [0.15, 0.2) is 53.0 Å². The van der Waals surface area contributed by atoms with Gasteiger partial charge in [-0.1, -0.05) is 48.0 Å². The first kappa shape index (κ1) is 21.6. The highest BCUT2D eigenvalue weighted by Crippen LogP contribution is 2.19. The fourth-order valence-corrected chi connectivity index (χ4v) is 3.06. The molecule has 0 fully saturated rings. The number of carbonyl (C=O) groups excluding carboxylic acids is 3. The molecule has 0 aliphatic rings. The van der Waals surface area contributed by atoms with Crippen LogP contribution in [-0.2, 0) is 9.59 Å². The highest BCUT2D eigenvalue weighted by molar-refractivity contribution is 9.10. The Kier molecular flexibility index (Phi) is 7.75. The van der Waals surface area contributed by atoms with Gasteiger partial charge in [0.2, 0.25) is 11.8 Å². The summed E-state index contributed by atoms with van der Waals surface area (Å²) in [6.45, 7) is 5.37. The Hall–Kier alpha value is -2.67. The largest absolute Gasteiger partial charge is 0.345 e. The van der Waals surface area contributed by atoms with Gasteiger partial charge in [0.05, 0.1) is 6.54 Å². The average molecular weight is 446 g/mol. The van der Waals surface area contributed by atoms with Gasteiger partial charge in [0, 0.05) is 15.7 Å². The first-order valence-electron chi connectivity index (χ1n) is 8.97. The lowest BCUT2D eigenvalue weighted by Gasteiger charge is -2.21. The SMILES string of the molecule is Cc1cc(Br)ccc1NC(=O)CNC(=O)C(NC(=O)c1ccccc1)C(C)C. The molecular weight excluding hydrogens is 422 g/mol. The summed E-state index contributed by atoms with van der Waals surface area (Å²) >= 11 is 3.37. The summed E-state index contributed by atoms with van der Waals surface area (Å²) in [5.41, 5.74) is 2.06. The van der Waals surface area contributed by atoms with Gasteiger partial charge in [-0.2, -0.15) is 0 Å². The van der Waals surface area contributed by atoms with E-state index in [4.69, 9.17) is 0 Å². The Morgan fingerprint density at radius 2 is 1.71 bits per heavy atom. The van der Waals surface area contributed by atoms with Crippen LogP contribution in [0.2, 0.25) is 0 Å². The molecule has 0 saturated carbocycles. The minimum atomic E-state index is -0.741. The zero-order chi connectivity index (χ0) is 20.7. The van der Waals surface area contributed by atoms with Gasteiger partial charge in [-0.15, -0.1) is 0 Å². The molecule has 3 amide bonds. The Morgan fingerprint density at radius 3 is 2.32 bits per heavy atom. The van der Waals surface area contributed by atoms with E-state index < -0.39 is 11.9 Å². The maximum absolute atomic E-state index is 12.5. The number of halogens is 1. The second-order valence-corrected chi connectivity index (χ2v) is 7.70.